The zero-order valence-electron chi connectivity index (χ0n) is 11.5. The Kier molecular flexibility index (Phi) is 4.73. The molecule has 0 radical (unpaired) electrons. The summed E-state index contributed by atoms with van der Waals surface area (Å²) in [5.41, 5.74) is 3.52. The molecule has 0 spiro atoms. The molecule has 2 nitrogen and oxygen atoms in total. The van der Waals surface area contributed by atoms with E-state index in [0.717, 1.165) is 16.9 Å². The highest BCUT2D eigenvalue weighted by Crippen LogP contribution is 2.24. The van der Waals surface area contributed by atoms with E-state index in [9.17, 15) is 4.79 Å². The molecule has 1 aromatic carbocycles. The molecule has 0 aliphatic heterocycles. The fraction of sp³-hybridized carbons (Fsp3) is 0.533. The molecule has 1 aromatic rings. The predicted molar refractivity (Wildman–Crippen MR) is 70.6 cm³/mol. The van der Waals surface area contributed by atoms with E-state index in [2.05, 4.69) is 19.1 Å². The van der Waals surface area contributed by atoms with Crippen LogP contribution in [0.2, 0.25) is 0 Å². The Morgan fingerprint density at radius 2 is 1.71 bits per heavy atom. The first-order chi connectivity index (χ1) is 7.91. The molecule has 17 heavy (non-hydrogen) atoms. The Morgan fingerprint density at radius 1 is 1.18 bits per heavy atom. The molecule has 0 fully saturated rings. The molecule has 0 aromatic heterocycles. The molecule has 2 heteroatoms. The normalized spacial score (nSPS) is 10.7. The summed E-state index contributed by atoms with van der Waals surface area (Å²) < 4.78 is 5.72. The quantitative estimate of drug-likeness (QED) is 0.778. The third-order valence-corrected chi connectivity index (χ3v) is 2.84. The number of hydrogen-bond donors (Lipinski definition) is 0. The Morgan fingerprint density at radius 3 is 2.18 bits per heavy atom. The molecule has 0 N–H and O–H groups in total. The molecule has 0 aliphatic carbocycles. The maximum atomic E-state index is 11.5. The number of rotatable bonds is 5. The van der Waals surface area contributed by atoms with Crippen LogP contribution < -0.4 is 4.74 Å². The first-order valence-corrected chi connectivity index (χ1v) is 6.15. The van der Waals surface area contributed by atoms with E-state index in [4.69, 9.17) is 4.74 Å². The van der Waals surface area contributed by atoms with Crippen LogP contribution in [0.4, 0.5) is 0 Å². The molecular formula is C15H22O2. The average Bonchev–Trinajstić information content (AvgIpc) is 2.21. The van der Waals surface area contributed by atoms with Gasteiger partial charge in [0.25, 0.3) is 0 Å². The Hall–Kier alpha value is -1.31. The van der Waals surface area contributed by atoms with Crippen molar-refractivity contribution in [3.05, 3.63) is 28.8 Å². The van der Waals surface area contributed by atoms with Crippen molar-refractivity contribution in [2.75, 3.05) is 6.61 Å². The van der Waals surface area contributed by atoms with Crippen LogP contribution in [-0.4, -0.2) is 12.4 Å². The third kappa shape index (κ3) is 3.88. The summed E-state index contributed by atoms with van der Waals surface area (Å²) in [6.07, 6.45) is 0.490. The molecule has 0 amide bonds. The predicted octanol–water partition coefficient (Wildman–Crippen LogP) is 3.61. The van der Waals surface area contributed by atoms with Gasteiger partial charge in [0.15, 0.2) is 0 Å². The van der Waals surface area contributed by atoms with Gasteiger partial charge in [-0.15, -0.1) is 0 Å². The van der Waals surface area contributed by atoms with E-state index in [0.29, 0.717) is 13.0 Å². The van der Waals surface area contributed by atoms with Crippen molar-refractivity contribution in [2.45, 2.75) is 41.0 Å². The van der Waals surface area contributed by atoms with Gasteiger partial charge < -0.3 is 4.74 Å². The van der Waals surface area contributed by atoms with Gasteiger partial charge in [-0.25, -0.2) is 0 Å². The van der Waals surface area contributed by atoms with Crippen molar-refractivity contribution in [2.24, 2.45) is 5.92 Å². The number of carbonyl (C=O) groups excluding carboxylic acids is 1. The van der Waals surface area contributed by atoms with Crippen LogP contribution in [0.5, 0.6) is 5.75 Å². The summed E-state index contributed by atoms with van der Waals surface area (Å²) in [7, 11) is 0. The van der Waals surface area contributed by atoms with E-state index in [1.165, 1.54) is 5.56 Å². The summed E-state index contributed by atoms with van der Waals surface area (Å²) >= 11 is 0. The van der Waals surface area contributed by atoms with Crippen molar-refractivity contribution in [3.63, 3.8) is 0 Å². The second kappa shape index (κ2) is 5.85. The number of aryl methyl sites for hydroxylation is 3. The van der Waals surface area contributed by atoms with E-state index < -0.39 is 0 Å². The van der Waals surface area contributed by atoms with Crippen LogP contribution >= 0.6 is 0 Å². The molecule has 0 aliphatic rings. The fourth-order valence-corrected chi connectivity index (χ4v) is 1.94. The van der Waals surface area contributed by atoms with E-state index >= 15 is 0 Å². The summed E-state index contributed by atoms with van der Waals surface area (Å²) in [5.74, 6) is 1.28. The lowest BCUT2D eigenvalue weighted by Crippen LogP contribution is -2.12. The van der Waals surface area contributed by atoms with Gasteiger partial charge in [-0.3, -0.25) is 4.79 Å². The van der Waals surface area contributed by atoms with Crippen molar-refractivity contribution >= 4 is 5.78 Å². The maximum Gasteiger partial charge on any atom is 0.138 e. The van der Waals surface area contributed by atoms with Gasteiger partial charge in [0, 0.05) is 12.3 Å². The summed E-state index contributed by atoms with van der Waals surface area (Å²) in [4.78, 5) is 11.5. The number of Topliss-reactive ketones (excluding diaryl/α,β-unsaturated/α-hetero) is 1. The Balaban J connectivity index is 2.61. The average molecular weight is 234 g/mol. The number of ether oxygens (including phenoxy) is 1. The van der Waals surface area contributed by atoms with Crippen molar-refractivity contribution < 1.29 is 9.53 Å². The van der Waals surface area contributed by atoms with E-state index in [-0.39, 0.29) is 11.7 Å². The van der Waals surface area contributed by atoms with Crippen LogP contribution in [0.15, 0.2) is 12.1 Å². The smallest absolute Gasteiger partial charge is 0.138 e. The molecule has 0 bridgehead atoms. The standard InChI is InChI=1S/C15H22O2/c1-10(2)14(16)6-7-17-15-12(4)8-11(3)9-13(15)5/h8-10H,6-7H2,1-5H3. The van der Waals surface area contributed by atoms with Crippen LogP contribution in [-0.2, 0) is 4.79 Å². The molecule has 94 valence electrons. The van der Waals surface area contributed by atoms with Gasteiger partial charge in [-0.05, 0) is 31.9 Å². The fourth-order valence-electron chi connectivity index (χ4n) is 1.94. The number of ketones is 1. The lowest BCUT2D eigenvalue weighted by Gasteiger charge is -2.13. The highest BCUT2D eigenvalue weighted by Gasteiger charge is 2.09. The number of carbonyl (C=O) groups is 1. The van der Waals surface area contributed by atoms with Crippen molar-refractivity contribution in [1.82, 2.24) is 0 Å². The van der Waals surface area contributed by atoms with Crippen LogP contribution in [0.3, 0.4) is 0 Å². The Bertz CT molecular complexity index is 382. The van der Waals surface area contributed by atoms with Gasteiger partial charge in [0.05, 0.1) is 6.61 Å². The molecular weight excluding hydrogens is 212 g/mol. The molecule has 1 rings (SSSR count). The van der Waals surface area contributed by atoms with Gasteiger partial charge >= 0.3 is 0 Å². The van der Waals surface area contributed by atoms with E-state index in [1.54, 1.807) is 0 Å². The largest absolute Gasteiger partial charge is 0.493 e. The zero-order valence-corrected chi connectivity index (χ0v) is 11.5. The minimum absolute atomic E-state index is 0.0961. The summed E-state index contributed by atoms with van der Waals surface area (Å²) in [6.45, 7) is 10.5. The van der Waals surface area contributed by atoms with Gasteiger partial charge in [0.2, 0.25) is 0 Å². The number of hydrogen-bond acceptors (Lipinski definition) is 2. The molecule has 0 atom stereocenters. The molecule has 0 heterocycles. The second-order valence-electron chi connectivity index (χ2n) is 4.95. The molecule has 0 saturated carbocycles. The van der Waals surface area contributed by atoms with Crippen molar-refractivity contribution in [3.8, 4) is 5.75 Å². The lowest BCUT2D eigenvalue weighted by molar-refractivity contribution is -0.122. The van der Waals surface area contributed by atoms with Crippen LogP contribution in [0.1, 0.15) is 37.0 Å². The first-order valence-electron chi connectivity index (χ1n) is 6.15. The van der Waals surface area contributed by atoms with Gasteiger partial charge in [0.1, 0.15) is 11.5 Å². The minimum Gasteiger partial charge on any atom is -0.493 e. The maximum absolute atomic E-state index is 11.5. The van der Waals surface area contributed by atoms with E-state index in [1.807, 2.05) is 27.7 Å². The highest BCUT2D eigenvalue weighted by atomic mass is 16.5. The molecule has 0 unspecified atom stereocenters. The van der Waals surface area contributed by atoms with Crippen LogP contribution in [0.25, 0.3) is 0 Å². The Labute approximate surface area is 104 Å². The van der Waals surface area contributed by atoms with Crippen molar-refractivity contribution in [1.29, 1.82) is 0 Å². The SMILES string of the molecule is Cc1cc(C)c(OCCC(=O)C(C)C)c(C)c1. The van der Waals surface area contributed by atoms with Gasteiger partial charge in [-0.1, -0.05) is 31.5 Å². The zero-order chi connectivity index (χ0) is 13.0. The monoisotopic (exact) mass is 234 g/mol. The summed E-state index contributed by atoms with van der Waals surface area (Å²) in [5, 5.41) is 0. The second-order valence-corrected chi connectivity index (χ2v) is 4.95. The minimum atomic E-state index is 0.0961. The third-order valence-electron chi connectivity index (χ3n) is 2.84. The topological polar surface area (TPSA) is 26.3 Å². The lowest BCUT2D eigenvalue weighted by atomic mass is 10.1. The first kappa shape index (κ1) is 13.8. The highest BCUT2D eigenvalue weighted by molar-refractivity contribution is 5.80. The molecule has 0 saturated heterocycles. The summed E-state index contributed by atoms with van der Waals surface area (Å²) in [6, 6.07) is 4.21. The van der Waals surface area contributed by atoms with Gasteiger partial charge in [-0.2, -0.15) is 0 Å². The number of benzene rings is 1. The van der Waals surface area contributed by atoms with Crippen LogP contribution in [0, 0.1) is 26.7 Å².